The second-order valence-electron chi connectivity index (χ2n) is 10.3. The Hall–Kier alpha value is -1.75. The first kappa shape index (κ1) is 25.3. The van der Waals surface area contributed by atoms with Crippen molar-refractivity contribution < 1.29 is 0 Å². The van der Waals surface area contributed by atoms with Crippen molar-refractivity contribution in [2.24, 2.45) is 5.73 Å². The molecule has 0 aliphatic carbocycles. The van der Waals surface area contributed by atoms with Gasteiger partial charge < -0.3 is 26.2 Å². The highest BCUT2D eigenvalue weighted by atomic mass is 31.1. The van der Waals surface area contributed by atoms with E-state index in [1.54, 1.807) is 0 Å². The zero-order valence-electron chi connectivity index (χ0n) is 21.8. The third-order valence-electron chi connectivity index (χ3n) is 7.82. The molecule has 0 spiro atoms. The number of rotatable bonds is 6. The minimum absolute atomic E-state index is 0.120. The number of hydrogen-bond acceptors (Lipinski definition) is 6. The van der Waals surface area contributed by atoms with E-state index in [0.29, 0.717) is 8.58 Å². The van der Waals surface area contributed by atoms with Crippen molar-refractivity contribution >= 4 is 20.0 Å². The summed E-state index contributed by atoms with van der Waals surface area (Å²) in [4.78, 5) is 7.76. The van der Waals surface area contributed by atoms with Crippen LogP contribution in [0.5, 0.6) is 0 Å². The summed E-state index contributed by atoms with van der Waals surface area (Å²) < 4.78 is 0. The average Bonchev–Trinajstić information content (AvgIpc) is 2.82. The zero-order valence-corrected chi connectivity index (χ0v) is 22.8. The molecule has 4 rings (SSSR count). The van der Waals surface area contributed by atoms with E-state index in [1.165, 1.54) is 61.3 Å². The summed E-state index contributed by atoms with van der Waals surface area (Å²) in [5.74, 6) is 0. The monoisotopic (exact) mass is 484 g/mol. The number of hydrogen-bond donors (Lipinski definition) is 3. The van der Waals surface area contributed by atoms with Gasteiger partial charge >= 0.3 is 0 Å². The molecular formula is C27H45N6P. The topological polar surface area (TPSA) is 59.8 Å². The van der Waals surface area contributed by atoms with Crippen LogP contribution in [0.4, 0.5) is 11.4 Å². The molecule has 0 amide bonds. The second-order valence-corrected chi connectivity index (χ2v) is 12.0. The van der Waals surface area contributed by atoms with Crippen LogP contribution in [0, 0.1) is 6.92 Å². The fourth-order valence-electron chi connectivity index (χ4n) is 5.55. The van der Waals surface area contributed by atoms with Gasteiger partial charge in [-0.1, -0.05) is 21.6 Å². The first-order chi connectivity index (χ1) is 16.4. The van der Waals surface area contributed by atoms with Gasteiger partial charge in [-0.2, -0.15) is 0 Å². The van der Waals surface area contributed by atoms with Crippen LogP contribution >= 0.6 is 8.58 Å². The van der Waals surface area contributed by atoms with Crippen LogP contribution < -0.4 is 21.3 Å². The van der Waals surface area contributed by atoms with Crippen molar-refractivity contribution in [3.8, 4) is 0 Å². The van der Waals surface area contributed by atoms with Crippen LogP contribution in [0.1, 0.15) is 45.6 Å². The number of piperidine rings is 1. The van der Waals surface area contributed by atoms with E-state index in [4.69, 9.17) is 5.73 Å². The van der Waals surface area contributed by atoms with Crippen molar-refractivity contribution in [1.82, 2.24) is 15.1 Å². The van der Waals surface area contributed by atoms with Gasteiger partial charge in [-0.3, -0.25) is 4.90 Å². The molecule has 7 heteroatoms. The van der Waals surface area contributed by atoms with E-state index in [-0.39, 0.29) is 11.8 Å². The molecule has 3 atom stereocenters. The van der Waals surface area contributed by atoms with Crippen molar-refractivity contribution in [3.05, 3.63) is 46.5 Å². The smallest absolute Gasteiger partial charge is 0.109 e. The number of benzene rings is 1. The Morgan fingerprint density at radius 1 is 1.12 bits per heavy atom. The summed E-state index contributed by atoms with van der Waals surface area (Å²) in [6, 6.07) is 7.62. The summed E-state index contributed by atoms with van der Waals surface area (Å²) >= 11 is 0. The molecule has 0 bridgehead atoms. The van der Waals surface area contributed by atoms with E-state index in [1.807, 2.05) is 0 Å². The Labute approximate surface area is 208 Å². The lowest BCUT2D eigenvalue weighted by Crippen LogP contribution is -2.52. The maximum atomic E-state index is 6.49. The maximum absolute atomic E-state index is 6.49. The fourth-order valence-corrected chi connectivity index (χ4v) is 6.92. The molecule has 0 aromatic heterocycles. The van der Waals surface area contributed by atoms with Gasteiger partial charge in [0.15, 0.2) is 0 Å². The zero-order chi connectivity index (χ0) is 24.2. The van der Waals surface area contributed by atoms with Gasteiger partial charge in [0.2, 0.25) is 0 Å². The van der Waals surface area contributed by atoms with E-state index < -0.39 is 0 Å². The number of anilines is 2. The summed E-state index contributed by atoms with van der Waals surface area (Å²) in [5, 5.41) is 8.85. The van der Waals surface area contributed by atoms with Crippen LogP contribution in [0.2, 0.25) is 0 Å². The van der Waals surface area contributed by atoms with Gasteiger partial charge in [-0.25, -0.2) is 0 Å². The molecule has 2 fully saturated rings. The second kappa shape index (κ2) is 11.3. The van der Waals surface area contributed by atoms with E-state index >= 15 is 0 Å². The quantitative estimate of drug-likeness (QED) is 0.529. The van der Waals surface area contributed by atoms with Crippen molar-refractivity contribution in [2.75, 3.05) is 56.5 Å². The first-order valence-electron chi connectivity index (χ1n) is 13.1. The Morgan fingerprint density at radius 3 is 2.47 bits per heavy atom. The highest BCUT2D eigenvalue weighted by molar-refractivity contribution is 7.44. The van der Waals surface area contributed by atoms with Crippen LogP contribution in [-0.2, 0) is 0 Å². The number of nitrogens with two attached hydrogens (primary N) is 1. The summed E-state index contributed by atoms with van der Waals surface area (Å²) in [7, 11) is 2.95. The fraction of sp³-hybridized carbons (Fsp3) is 0.630. The molecule has 3 aliphatic rings. The van der Waals surface area contributed by atoms with E-state index in [0.717, 1.165) is 36.9 Å². The number of piperazine rings is 1. The van der Waals surface area contributed by atoms with Gasteiger partial charge in [0.05, 0.1) is 5.66 Å². The van der Waals surface area contributed by atoms with E-state index in [9.17, 15) is 0 Å². The Kier molecular flexibility index (Phi) is 8.44. The predicted octanol–water partition coefficient (Wildman–Crippen LogP) is 4.10. The SMILES string of the molecule is CC/C=C(\N)C1PC(C)=C(C)NC1Nc1ccc(N2CCC(N3CCN(C)CC3)CC2)c(C)c1. The predicted molar refractivity (Wildman–Crippen MR) is 149 cm³/mol. The van der Waals surface area contributed by atoms with Crippen molar-refractivity contribution in [3.63, 3.8) is 0 Å². The van der Waals surface area contributed by atoms with Crippen LogP contribution in [0.15, 0.2) is 41.0 Å². The average molecular weight is 485 g/mol. The molecule has 6 nitrogen and oxygen atoms in total. The molecule has 3 unspecified atom stereocenters. The van der Waals surface area contributed by atoms with Crippen LogP contribution in [-0.4, -0.2) is 74.0 Å². The van der Waals surface area contributed by atoms with Crippen molar-refractivity contribution in [1.29, 1.82) is 0 Å². The molecule has 1 aromatic carbocycles. The molecule has 4 N–H and O–H groups in total. The lowest BCUT2D eigenvalue weighted by Gasteiger charge is -2.43. The van der Waals surface area contributed by atoms with Gasteiger partial charge in [-0.05, 0) is 76.2 Å². The van der Waals surface area contributed by atoms with Gasteiger partial charge in [-0.15, -0.1) is 0 Å². The molecule has 3 heterocycles. The molecule has 1 aromatic rings. The van der Waals surface area contributed by atoms with Gasteiger partial charge in [0.1, 0.15) is 6.17 Å². The lowest BCUT2D eigenvalue weighted by atomic mass is 10.0. The van der Waals surface area contributed by atoms with Gasteiger partial charge in [0.25, 0.3) is 0 Å². The van der Waals surface area contributed by atoms with Crippen molar-refractivity contribution in [2.45, 2.75) is 64.8 Å². The normalized spacial score (nSPS) is 26.7. The Bertz CT molecular complexity index is 896. The standard InChI is InChI=1S/C27H45N6P/c1-6-7-24(28)26-27(29-20(3)21(4)34-26)30-22-8-9-25(19(2)18-22)33-12-10-23(11-13-33)32-16-14-31(5)15-17-32/h7-9,18,23,26-27,29-30,34H,6,10-17,28H2,1-5H3/b24-7-. The highest BCUT2D eigenvalue weighted by Crippen LogP contribution is 2.40. The third-order valence-corrected chi connectivity index (χ3v) is 9.60. The number of nitrogens with zero attached hydrogens (tertiary/aromatic N) is 3. The molecule has 34 heavy (non-hydrogen) atoms. The lowest BCUT2D eigenvalue weighted by molar-refractivity contribution is 0.0982. The summed E-state index contributed by atoms with van der Waals surface area (Å²) in [6.07, 6.45) is 5.80. The summed E-state index contributed by atoms with van der Waals surface area (Å²) in [5.41, 5.74) is 12.9. The van der Waals surface area contributed by atoms with E-state index in [2.05, 4.69) is 84.4 Å². The largest absolute Gasteiger partial charge is 0.402 e. The summed E-state index contributed by atoms with van der Waals surface area (Å²) in [6.45, 7) is 16.0. The third kappa shape index (κ3) is 5.90. The Morgan fingerprint density at radius 2 is 1.82 bits per heavy atom. The minimum Gasteiger partial charge on any atom is -0.402 e. The molecule has 0 saturated carbocycles. The maximum Gasteiger partial charge on any atom is 0.109 e. The molecule has 188 valence electrons. The molecule has 3 aliphatic heterocycles. The minimum atomic E-state index is 0.120. The number of allylic oxidation sites excluding steroid dienone is 3. The number of likely N-dealkylation sites (N-methyl/N-ethyl adjacent to an activating group) is 1. The Balaban J connectivity index is 1.39. The van der Waals surface area contributed by atoms with Crippen LogP contribution in [0.25, 0.3) is 0 Å². The van der Waals surface area contributed by atoms with Gasteiger partial charge in [0, 0.05) is 68.1 Å². The molecule has 0 radical (unpaired) electrons. The molecular weight excluding hydrogens is 439 g/mol. The first-order valence-corrected chi connectivity index (χ1v) is 14.1. The highest BCUT2D eigenvalue weighted by Gasteiger charge is 2.30. The number of nitrogens with one attached hydrogen (secondary N) is 2. The number of aryl methyl sites for hydroxylation is 1. The van der Waals surface area contributed by atoms with Crippen LogP contribution in [0.3, 0.4) is 0 Å². The molecule has 2 saturated heterocycles.